The Labute approximate surface area is 140 Å². The highest BCUT2D eigenvalue weighted by Crippen LogP contribution is 2.27. The van der Waals surface area contributed by atoms with Gasteiger partial charge in [0.15, 0.2) is 17.5 Å². The van der Waals surface area contributed by atoms with Gasteiger partial charge in [0.2, 0.25) is 0 Å². The van der Waals surface area contributed by atoms with E-state index in [9.17, 15) is 0 Å². The molecule has 1 aromatic rings. The van der Waals surface area contributed by atoms with Crippen LogP contribution < -0.4 is 20.1 Å². The van der Waals surface area contributed by atoms with Crippen molar-refractivity contribution in [2.24, 2.45) is 10.9 Å². The Morgan fingerprint density at radius 3 is 2.61 bits per heavy atom. The summed E-state index contributed by atoms with van der Waals surface area (Å²) in [5.41, 5.74) is 1.12. The first-order valence-corrected chi connectivity index (χ1v) is 8.34. The summed E-state index contributed by atoms with van der Waals surface area (Å²) in [6.07, 6.45) is 2.37. The Morgan fingerprint density at radius 1 is 1.22 bits per heavy atom. The molecule has 1 rings (SSSR count). The lowest BCUT2D eigenvalue weighted by Crippen LogP contribution is -2.37. The molecule has 130 valence electrons. The molecule has 0 heterocycles. The lowest BCUT2D eigenvalue weighted by Gasteiger charge is -2.14. The molecule has 0 aliphatic heterocycles. The average molecular weight is 321 g/mol. The molecule has 0 radical (unpaired) electrons. The normalized spacial score (nSPS) is 11.5. The highest BCUT2D eigenvalue weighted by molar-refractivity contribution is 5.79. The van der Waals surface area contributed by atoms with E-state index in [0.717, 1.165) is 41.9 Å². The van der Waals surface area contributed by atoms with Gasteiger partial charge in [0, 0.05) is 20.1 Å². The van der Waals surface area contributed by atoms with Crippen LogP contribution in [0.5, 0.6) is 11.5 Å². The maximum absolute atomic E-state index is 5.53. The molecule has 0 aliphatic rings. The summed E-state index contributed by atoms with van der Waals surface area (Å²) in [5.74, 6) is 3.09. The van der Waals surface area contributed by atoms with E-state index in [2.05, 4.69) is 29.5 Å². The van der Waals surface area contributed by atoms with Crippen molar-refractivity contribution in [1.29, 1.82) is 0 Å². The molecule has 23 heavy (non-hydrogen) atoms. The van der Waals surface area contributed by atoms with E-state index in [1.807, 2.05) is 25.1 Å². The smallest absolute Gasteiger partial charge is 0.191 e. The maximum Gasteiger partial charge on any atom is 0.191 e. The fraction of sp³-hybridized carbons (Fsp3) is 0.611. The van der Waals surface area contributed by atoms with Gasteiger partial charge in [0.05, 0.1) is 13.7 Å². The van der Waals surface area contributed by atoms with Crippen molar-refractivity contribution in [1.82, 2.24) is 10.6 Å². The van der Waals surface area contributed by atoms with Crippen molar-refractivity contribution in [2.45, 2.75) is 40.2 Å². The second-order valence-electron chi connectivity index (χ2n) is 5.81. The van der Waals surface area contributed by atoms with Crippen molar-refractivity contribution >= 4 is 5.96 Å². The first-order valence-electron chi connectivity index (χ1n) is 8.34. The largest absolute Gasteiger partial charge is 0.493 e. The fourth-order valence-corrected chi connectivity index (χ4v) is 2.22. The molecule has 0 atom stereocenters. The molecule has 0 spiro atoms. The second kappa shape index (κ2) is 10.8. The summed E-state index contributed by atoms with van der Waals surface area (Å²) in [7, 11) is 3.45. The summed E-state index contributed by atoms with van der Waals surface area (Å²) < 4.78 is 10.9. The number of methoxy groups -OCH3 is 1. The van der Waals surface area contributed by atoms with E-state index in [4.69, 9.17) is 9.47 Å². The molecular weight excluding hydrogens is 290 g/mol. The third kappa shape index (κ3) is 7.26. The molecule has 2 N–H and O–H groups in total. The van der Waals surface area contributed by atoms with Gasteiger partial charge in [-0.25, -0.2) is 0 Å². The Morgan fingerprint density at radius 2 is 2.00 bits per heavy atom. The number of hydrogen-bond donors (Lipinski definition) is 2. The average Bonchev–Trinajstić information content (AvgIpc) is 2.55. The number of nitrogens with zero attached hydrogens (tertiary/aromatic N) is 1. The van der Waals surface area contributed by atoms with Crippen molar-refractivity contribution in [3.8, 4) is 11.5 Å². The topological polar surface area (TPSA) is 54.9 Å². The second-order valence-corrected chi connectivity index (χ2v) is 5.81. The molecule has 0 unspecified atom stereocenters. The van der Waals surface area contributed by atoms with Crippen molar-refractivity contribution in [3.63, 3.8) is 0 Å². The maximum atomic E-state index is 5.53. The number of aliphatic imine (C=N–C) groups is 1. The van der Waals surface area contributed by atoms with Gasteiger partial charge in [-0.15, -0.1) is 0 Å². The number of guanidine groups is 1. The molecular formula is C18H31N3O2. The highest BCUT2D eigenvalue weighted by Gasteiger charge is 2.06. The Hall–Kier alpha value is -1.91. The van der Waals surface area contributed by atoms with Crippen LogP contribution >= 0.6 is 0 Å². The molecule has 0 fully saturated rings. The number of nitrogens with one attached hydrogen (secondary N) is 2. The van der Waals surface area contributed by atoms with Crippen molar-refractivity contribution < 1.29 is 9.47 Å². The van der Waals surface area contributed by atoms with Gasteiger partial charge in [-0.2, -0.15) is 0 Å². The lowest BCUT2D eigenvalue weighted by molar-refractivity contribution is 0.310. The van der Waals surface area contributed by atoms with Gasteiger partial charge in [0.25, 0.3) is 0 Å². The molecule has 0 amide bonds. The highest BCUT2D eigenvalue weighted by atomic mass is 16.5. The Kier molecular flexibility index (Phi) is 8.95. The van der Waals surface area contributed by atoms with E-state index in [0.29, 0.717) is 13.2 Å². The van der Waals surface area contributed by atoms with Gasteiger partial charge >= 0.3 is 0 Å². The minimum Gasteiger partial charge on any atom is -0.493 e. The lowest BCUT2D eigenvalue weighted by atomic mass is 10.1. The van der Waals surface area contributed by atoms with Crippen LogP contribution in [0, 0.1) is 5.92 Å². The predicted molar refractivity (Wildman–Crippen MR) is 96.4 cm³/mol. The quantitative estimate of drug-likeness (QED) is 0.417. The molecule has 0 saturated heterocycles. The number of benzene rings is 1. The SMILES string of the molecule is CCOc1ccc(CNC(=NC)NCCCC(C)C)cc1OC. The minimum atomic E-state index is 0.626. The van der Waals surface area contributed by atoms with Crippen LogP contribution in [0.3, 0.4) is 0 Å². The molecule has 5 nitrogen and oxygen atoms in total. The van der Waals surface area contributed by atoms with Gasteiger partial charge in [0.1, 0.15) is 0 Å². The summed E-state index contributed by atoms with van der Waals surface area (Å²) >= 11 is 0. The summed E-state index contributed by atoms with van der Waals surface area (Å²) in [4.78, 5) is 4.25. The fourth-order valence-electron chi connectivity index (χ4n) is 2.22. The van der Waals surface area contributed by atoms with Gasteiger partial charge in [-0.3, -0.25) is 4.99 Å². The van der Waals surface area contributed by atoms with E-state index < -0.39 is 0 Å². The van der Waals surface area contributed by atoms with Crippen LogP contribution in [0.4, 0.5) is 0 Å². The van der Waals surface area contributed by atoms with Crippen LogP contribution in [0.1, 0.15) is 39.2 Å². The third-order valence-corrected chi connectivity index (χ3v) is 3.46. The van der Waals surface area contributed by atoms with E-state index in [1.165, 1.54) is 6.42 Å². The summed E-state index contributed by atoms with van der Waals surface area (Å²) in [5, 5.41) is 6.66. The first kappa shape index (κ1) is 19.1. The standard InChI is InChI=1S/C18H31N3O2/c1-6-23-16-10-9-15(12-17(16)22-5)13-21-18(19-4)20-11-7-8-14(2)3/h9-10,12,14H,6-8,11,13H2,1-5H3,(H2,19,20,21). The monoisotopic (exact) mass is 321 g/mol. The van der Waals surface area contributed by atoms with Crippen LogP contribution in [-0.4, -0.2) is 33.3 Å². The minimum absolute atomic E-state index is 0.626. The van der Waals surface area contributed by atoms with E-state index >= 15 is 0 Å². The van der Waals surface area contributed by atoms with E-state index in [1.54, 1.807) is 14.2 Å². The van der Waals surface area contributed by atoms with Crippen LogP contribution in [-0.2, 0) is 6.54 Å². The summed E-state index contributed by atoms with van der Waals surface area (Å²) in [6, 6.07) is 5.97. The predicted octanol–water partition coefficient (Wildman–Crippen LogP) is 3.20. The van der Waals surface area contributed by atoms with Gasteiger partial charge in [-0.05, 0) is 43.4 Å². The van der Waals surface area contributed by atoms with Crippen molar-refractivity contribution in [2.75, 3.05) is 27.3 Å². The molecule has 0 bridgehead atoms. The Bertz CT molecular complexity index is 487. The zero-order valence-electron chi connectivity index (χ0n) is 15.1. The van der Waals surface area contributed by atoms with Gasteiger partial charge < -0.3 is 20.1 Å². The number of ether oxygens (including phenoxy) is 2. The number of rotatable bonds is 9. The van der Waals surface area contributed by atoms with Crippen LogP contribution in [0.2, 0.25) is 0 Å². The number of hydrogen-bond acceptors (Lipinski definition) is 3. The molecule has 1 aromatic carbocycles. The van der Waals surface area contributed by atoms with Crippen LogP contribution in [0.25, 0.3) is 0 Å². The third-order valence-electron chi connectivity index (χ3n) is 3.46. The van der Waals surface area contributed by atoms with E-state index in [-0.39, 0.29) is 0 Å². The molecule has 0 aromatic heterocycles. The zero-order chi connectivity index (χ0) is 17.1. The molecule has 5 heteroatoms. The Balaban J connectivity index is 2.49. The zero-order valence-corrected chi connectivity index (χ0v) is 15.1. The first-order chi connectivity index (χ1) is 11.1. The molecule has 0 aliphatic carbocycles. The summed E-state index contributed by atoms with van der Waals surface area (Å²) in [6.45, 7) is 8.70. The van der Waals surface area contributed by atoms with Crippen LogP contribution in [0.15, 0.2) is 23.2 Å². The van der Waals surface area contributed by atoms with Crippen molar-refractivity contribution in [3.05, 3.63) is 23.8 Å². The molecule has 0 saturated carbocycles. The van der Waals surface area contributed by atoms with Gasteiger partial charge in [-0.1, -0.05) is 19.9 Å².